The van der Waals surface area contributed by atoms with E-state index in [2.05, 4.69) is 60.7 Å². The third-order valence-electron chi connectivity index (χ3n) is 10.4. The molecule has 0 fully saturated rings. The van der Waals surface area contributed by atoms with Crippen LogP contribution < -0.4 is 15.9 Å². The molecule has 2 heterocycles. The molecule has 5 nitrogen and oxygen atoms in total. The van der Waals surface area contributed by atoms with Crippen LogP contribution >= 0.6 is 7.14 Å². The number of rotatable bonds is 7. The molecule has 56 heavy (non-hydrogen) atoms. The van der Waals surface area contributed by atoms with Crippen LogP contribution in [-0.4, -0.2) is 19.9 Å². The Kier molecular flexibility index (Phi) is 8.36. The number of hydrogen-bond donors (Lipinski definition) is 0. The lowest BCUT2D eigenvalue weighted by Crippen LogP contribution is -2.24. The van der Waals surface area contributed by atoms with Crippen molar-refractivity contribution in [1.29, 1.82) is 0 Å². The number of pyridine rings is 1. The van der Waals surface area contributed by atoms with Crippen LogP contribution in [0.5, 0.6) is 0 Å². The van der Waals surface area contributed by atoms with Crippen LogP contribution in [0.15, 0.2) is 200 Å². The number of aromatic nitrogens is 4. The highest BCUT2D eigenvalue weighted by Gasteiger charge is 2.29. The van der Waals surface area contributed by atoms with Gasteiger partial charge < -0.3 is 4.57 Å². The molecule has 10 rings (SSSR count). The predicted molar refractivity (Wildman–Crippen MR) is 231 cm³/mol. The first-order chi connectivity index (χ1) is 27.6. The van der Waals surface area contributed by atoms with E-state index >= 15 is 4.57 Å². The van der Waals surface area contributed by atoms with E-state index in [4.69, 9.17) is 19.9 Å². The van der Waals surface area contributed by atoms with E-state index in [1.807, 2.05) is 140 Å². The zero-order valence-corrected chi connectivity index (χ0v) is 31.1. The fourth-order valence-electron chi connectivity index (χ4n) is 7.70. The maximum Gasteiger partial charge on any atom is 0.171 e. The van der Waals surface area contributed by atoms with E-state index in [9.17, 15) is 0 Å². The van der Waals surface area contributed by atoms with Gasteiger partial charge in [-0.25, -0.2) is 19.9 Å². The van der Waals surface area contributed by atoms with E-state index < -0.39 is 7.14 Å². The van der Waals surface area contributed by atoms with E-state index in [-0.39, 0.29) is 0 Å². The van der Waals surface area contributed by atoms with Gasteiger partial charge in [0, 0.05) is 54.3 Å². The molecule has 6 heteroatoms. The molecule has 0 saturated heterocycles. The third-order valence-corrected chi connectivity index (χ3v) is 13.5. The highest BCUT2D eigenvalue weighted by molar-refractivity contribution is 7.85. The number of hydrogen-bond acceptors (Lipinski definition) is 5. The average Bonchev–Trinajstić information content (AvgIpc) is 3.29. The second kappa shape index (κ2) is 14.0. The smallest absolute Gasteiger partial charge is 0.171 e. The average molecular weight is 737 g/mol. The molecular formula is C50H33N4OP. The summed E-state index contributed by atoms with van der Waals surface area (Å²) in [6.07, 6.45) is 0. The minimum atomic E-state index is -3.16. The summed E-state index contributed by atoms with van der Waals surface area (Å²) in [5, 5.41) is 7.62. The van der Waals surface area contributed by atoms with Gasteiger partial charge in [0.1, 0.15) is 0 Å². The van der Waals surface area contributed by atoms with Gasteiger partial charge in [-0.05, 0) is 22.9 Å². The van der Waals surface area contributed by atoms with Gasteiger partial charge in [0.15, 0.2) is 24.6 Å². The molecule has 2 aromatic heterocycles. The Morgan fingerprint density at radius 3 is 1.36 bits per heavy atom. The lowest BCUT2D eigenvalue weighted by molar-refractivity contribution is 0.592. The molecule has 0 saturated carbocycles. The molecule has 0 radical (unpaired) electrons. The summed E-state index contributed by atoms with van der Waals surface area (Å²) in [4.78, 5) is 20.6. The maximum atomic E-state index is 15.2. The lowest BCUT2D eigenvalue weighted by atomic mass is 9.92. The third kappa shape index (κ3) is 5.78. The minimum absolute atomic E-state index is 0.580. The van der Waals surface area contributed by atoms with Crippen molar-refractivity contribution >= 4 is 55.5 Å². The fourth-order valence-corrected chi connectivity index (χ4v) is 10.3. The molecule has 0 amide bonds. The molecule has 0 bridgehead atoms. The van der Waals surface area contributed by atoms with Crippen LogP contribution in [0.2, 0.25) is 0 Å². The van der Waals surface area contributed by atoms with Gasteiger partial charge in [-0.1, -0.05) is 188 Å². The van der Waals surface area contributed by atoms with Gasteiger partial charge in [-0.3, -0.25) is 0 Å². The zero-order valence-electron chi connectivity index (χ0n) is 30.2. The molecule has 10 aromatic rings. The summed E-state index contributed by atoms with van der Waals surface area (Å²) in [5.74, 6) is 1.79. The molecule has 0 spiro atoms. The normalized spacial score (nSPS) is 11.6. The zero-order chi connectivity index (χ0) is 37.5. The first-order valence-electron chi connectivity index (χ1n) is 18.6. The maximum absolute atomic E-state index is 15.2. The first kappa shape index (κ1) is 33.5. The van der Waals surface area contributed by atoms with Gasteiger partial charge in [-0.15, -0.1) is 0 Å². The number of nitrogens with zero attached hydrogens (tertiary/aromatic N) is 4. The second-order valence-electron chi connectivity index (χ2n) is 13.7. The quantitative estimate of drug-likeness (QED) is 0.120. The molecule has 264 valence electrons. The van der Waals surface area contributed by atoms with Gasteiger partial charge >= 0.3 is 0 Å². The molecule has 0 unspecified atom stereocenters. The van der Waals surface area contributed by atoms with Crippen molar-refractivity contribution in [3.8, 4) is 45.4 Å². The minimum Gasteiger partial charge on any atom is -0.309 e. The molecular weight excluding hydrogens is 704 g/mol. The topological polar surface area (TPSA) is 68.6 Å². The van der Waals surface area contributed by atoms with Crippen LogP contribution in [0.3, 0.4) is 0 Å². The van der Waals surface area contributed by atoms with Crippen molar-refractivity contribution in [3.63, 3.8) is 0 Å². The van der Waals surface area contributed by atoms with Crippen LogP contribution in [0.4, 0.5) is 0 Å². The van der Waals surface area contributed by atoms with Crippen LogP contribution in [0.1, 0.15) is 0 Å². The monoisotopic (exact) mass is 736 g/mol. The van der Waals surface area contributed by atoms with Gasteiger partial charge in [0.05, 0.1) is 11.2 Å². The Morgan fingerprint density at radius 1 is 0.339 bits per heavy atom. The summed E-state index contributed by atoms with van der Waals surface area (Å²) in [5.41, 5.74) is 5.35. The summed E-state index contributed by atoms with van der Waals surface area (Å²) in [6, 6.07) is 66.7. The Bertz CT molecular complexity index is 2980. The molecule has 0 N–H and O–H groups in total. The first-order valence-corrected chi connectivity index (χ1v) is 20.3. The Labute approximate surface area is 324 Å². The van der Waals surface area contributed by atoms with Crippen molar-refractivity contribution in [2.45, 2.75) is 0 Å². The highest BCUT2D eigenvalue weighted by Crippen LogP contribution is 2.44. The standard InChI is InChI=1S/C50H33N4OP/c55-56(37-21-9-3-10-22-37,38-23-11-4-12-24-38)39-31-29-34(30-32-39)47-44-33-43(40-25-13-14-26-41(40)46(44)42-27-15-16-28-45(42)51-47)50-53-48(35-17-5-1-6-18-35)52-49(54-50)36-19-7-2-8-20-36/h1-33H. The summed E-state index contributed by atoms with van der Waals surface area (Å²) in [6.45, 7) is 0. The van der Waals surface area contributed by atoms with Crippen molar-refractivity contribution in [2.75, 3.05) is 0 Å². The Morgan fingerprint density at radius 2 is 0.786 bits per heavy atom. The fraction of sp³-hybridized carbons (Fsp3) is 0. The number of benzene rings is 8. The van der Waals surface area contributed by atoms with Crippen molar-refractivity contribution in [2.24, 2.45) is 0 Å². The molecule has 8 aromatic carbocycles. The van der Waals surface area contributed by atoms with E-state index in [1.54, 1.807) is 0 Å². The molecule has 0 aliphatic carbocycles. The Hall–Kier alpha value is -7.07. The molecule has 0 atom stereocenters. The second-order valence-corrected chi connectivity index (χ2v) is 16.5. The summed E-state index contributed by atoms with van der Waals surface area (Å²) < 4.78 is 15.2. The predicted octanol–water partition coefficient (Wildman–Crippen LogP) is 11.0. The van der Waals surface area contributed by atoms with E-state index in [0.29, 0.717) is 17.5 Å². The number of fused-ring (bicyclic) bond motifs is 5. The van der Waals surface area contributed by atoms with Crippen LogP contribution in [0, 0.1) is 0 Å². The van der Waals surface area contributed by atoms with E-state index in [0.717, 1.165) is 76.3 Å². The van der Waals surface area contributed by atoms with Crippen molar-refractivity contribution < 1.29 is 4.57 Å². The van der Waals surface area contributed by atoms with Crippen LogP contribution in [0.25, 0.3) is 77.9 Å². The van der Waals surface area contributed by atoms with Crippen molar-refractivity contribution in [1.82, 2.24) is 19.9 Å². The lowest BCUT2D eigenvalue weighted by Gasteiger charge is -2.20. The SMILES string of the molecule is O=P(c1ccccc1)(c1ccccc1)c1ccc(-c2nc3ccccc3c3c2cc(-c2nc(-c4ccccc4)nc(-c4ccccc4)n2)c2ccccc23)cc1. The molecule has 0 aliphatic rings. The van der Waals surface area contributed by atoms with Gasteiger partial charge in [0.2, 0.25) is 0 Å². The highest BCUT2D eigenvalue weighted by atomic mass is 31.2. The van der Waals surface area contributed by atoms with Crippen LogP contribution in [-0.2, 0) is 4.57 Å². The van der Waals surface area contributed by atoms with Gasteiger partial charge in [0.25, 0.3) is 0 Å². The van der Waals surface area contributed by atoms with Crippen molar-refractivity contribution in [3.05, 3.63) is 200 Å². The largest absolute Gasteiger partial charge is 0.309 e. The summed E-state index contributed by atoms with van der Waals surface area (Å²) in [7, 11) is -3.16. The Balaban J connectivity index is 1.22. The summed E-state index contributed by atoms with van der Waals surface area (Å²) >= 11 is 0. The van der Waals surface area contributed by atoms with Gasteiger partial charge in [-0.2, -0.15) is 0 Å². The molecule has 0 aliphatic heterocycles. The number of para-hydroxylation sites is 1. The van der Waals surface area contributed by atoms with E-state index in [1.165, 1.54) is 0 Å².